The quantitative estimate of drug-likeness (QED) is 0.929. The van der Waals surface area contributed by atoms with E-state index in [1.807, 2.05) is 0 Å². The van der Waals surface area contributed by atoms with Crippen molar-refractivity contribution in [3.8, 4) is 0 Å². The highest BCUT2D eigenvalue weighted by atomic mass is 32.2. The number of thiazole rings is 1. The van der Waals surface area contributed by atoms with Crippen LogP contribution in [0.4, 0.5) is 4.39 Å². The van der Waals surface area contributed by atoms with Crippen LogP contribution < -0.4 is 0 Å². The molecule has 0 spiro atoms. The number of nitrogens with zero attached hydrogens (tertiary/aromatic N) is 2. The summed E-state index contributed by atoms with van der Waals surface area (Å²) in [6, 6.07) is 2.79. The van der Waals surface area contributed by atoms with Gasteiger partial charge >= 0.3 is 5.97 Å². The molecule has 88 valence electrons. The highest BCUT2D eigenvalue weighted by Crippen LogP contribution is 2.32. The fourth-order valence-corrected chi connectivity index (χ4v) is 3.06. The zero-order chi connectivity index (χ0) is 12.4. The van der Waals surface area contributed by atoms with Gasteiger partial charge < -0.3 is 5.11 Å². The second-order valence-electron chi connectivity index (χ2n) is 3.09. The summed E-state index contributed by atoms with van der Waals surface area (Å²) >= 11 is 2.04. The predicted molar refractivity (Wildman–Crippen MR) is 62.1 cm³/mol. The summed E-state index contributed by atoms with van der Waals surface area (Å²) in [4.78, 5) is 18.9. The molecule has 0 aliphatic rings. The Morgan fingerprint density at radius 2 is 2.35 bits per heavy atom. The van der Waals surface area contributed by atoms with Gasteiger partial charge in [0.05, 0.1) is 5.69 Å². The average Bonchev–Trinajstić information content (AvgIpc) is 2.63. The summed E-state index contributed by atoms with van der Waals surface area (Å²) < 4.78 is 13.8. The van der Waals surface area contributed by atoms with E-state index in [4.69, 9.17) is 5.11 Å². The molecule has 2 aromatic rings. The van der Waals surface area contributed by atoms with Crippen molar-refractivity contribution in [2.75, 3.05) is 0 Å². The molecule has 1 N–H and O–H groups in total. The minimum atomic E-state index is -1.02. The van der Waals surface area contributed by atoms with Crippen LogP contribution >= 0.6 is 23.1 Å². The monoisotopic (exact) mass is 270 g/mol. The van der Waals surface area contributed by atoms with Crippen molar-refractivity contribution in [3.05, 3.63) is 34.7 Å². The number of hydrogen-bond donors (Lipinski definition) is 1. The molecule has 0 aliphatic heterocycles. The Morgan fingerprint density at radius 1 is 1.59 bits per heavy atom. The van der Waals surface area contributed by atoms with Gasteiger partial charge in [-0.1, -0.05) is 11.3 Å². The van der Waals surface area contributed by atoms with Gasteiger partial charge in [0.15, 0.2) is 10.2 Å². The van der Waals surface area contributed by atoms with Gasteiger partial charge in [-0.15, -0.1) is 0 Å². The topological polar surface area (TPSA) is 63.1 Å². The van der Waals surface area contributed by atoms with Gasteiger partial charge in [-0.2, -0.15) is 0 Å². The molecule has 0 saturated carbocycles. The molecule has 2 rings (SSSR count). The van der Waals surface area contributed by atoms with E-state index in [0.717, 1.165) is 23.1 Å². The van der Waals surface area contributed by atoms with Crippen LogP contribution in [0, 0.1) is 12.7 Å². The number of carboxylic acid groups (broad SMARTS) is 1. The summed E-state index contributed by atoms with van der Waals surface area (Å²) in [5.41, 5.74) is 0.432. The van der Waals surface area contributed by atoms with Gasteiger partial charge in [0, 0.05) is 6.20 Å². The lowest BCUT2D eigenvalue weighted by atomic mass is 10.4. The van der Waals surface area contributed by atoms with Crippen molar-refractivity contribution in [1.29, 1.82) is 0 Å². The first-order chi connectivity index (χ1) is 8.08. The van der Waals surface area contributed by atoms with Gasteiger partial charge in [0.2, 0.25) is 0 Å². The number of aromatic nitrogens is 2. The predicted octanol–water partition coefficient (Wildman–Crippen LogP) is 2.84. The number of hydrogen-bond acceptors (Lipinski definition) is 5. The average molecular weight is 270 g/mol. The summed E-state index contributed by atoms with van der Waals surface area (Å²) in [6.45, 7) is 1.61. The van der Waals surface area contributed by atoms with Crippen LogP contribution in [0.2, 0.25) is 0 Å². The molecule has 2 aromatic heterocycles. The maximum absolute atomic E-state index is 13.3. The molecule has 4 nitrogen and oxygen atoms in total. The van der Waals surface area contributed by atoms with Crippen LogP contribution in [0.5, 0.6) is 0 Å². The molecule has 0 atom stereocenters. The molecule has 0 saturated heterocycles. The van der Waals surface area contributed by atoms with Crippen molar-refractivity contribution in [3.63, 3.8) is 0 Å². The van der Waals surface area contributed by atoms with Crippen LogP contribution in [0.25, 0.3) is 0 Å². The summed E-state index contributed by atoms with van der Waals surface area (Å²) in [5, 5.41) is 9.06. The van der Waals surface area contributed by atoms with Gasteiger partial charge in [-0.3, -0.25) is 0 Å². The lowest BCUT2D eigenvalue weighted by Crippen LogP contribution is -1.94. The molecule has 0 unspecified atom stereocenters. The van der Waals surface area contributed by atoms with E-state index in [-0.39, 0.29) is 9.90 Å². The zero-order valence-corrected chi connectivity index (χ0v) is 10.3. The van der Waals surface area contributed by atoms with E-state index in [2.05, 4.69) is 9.97 Å². The molecule has 17 heavy (non-hydrogen) atoms. The van der Waals surface area contributed by atoms with Gasteiger partial charge in [0.25, 0.3) is 0 Å². The fraction of sp³-hybridized carbons (Fsp3) is 0.100. The first kappa shape index (κ1) is 12.0. The van der Waals surface area contributed by atoms with E-state index in [9.17, 15) is 9.18 Å². The third-order valence-electron chi connectivity index (χ3n) is 1.88. The minimum Gasteiger partial charge on any atom is -0.477 e. The zero-order valence-electron chi connectivity index (χ0n) is 8.68. The van der Waals surface area contributed by atoms with Crippen molar-refractivity contribution in [1.82, 2.24) is 9.97 Å². The highest BCUT2D eigenvalue weighted by molar-refractivity contribution is 8.01. The molecule has 0 radical (unpaired) electrons. The number of aryl methyl sites for hydroxylation is 1. The van der Waals surface area contributed by atoms with Crippen molar-refractivity contribution < 1.29 is 14.3 Å². The summed E-state index contributed by atoms with van der Waals surface area (Å²) in [6.07, 6.45) is 1.48. The van der Waals surface area contributed by atoms with E-state index < -0.39 is 11.8 Å². The molecular formula is C10H7FN2O2S2. The Labute approximate surface area is 105 Å². The van der Waals surface area contributed by atoms with E-state index in [1.165, 1.54) is 18.3 Å². The van der Waals surface area contributed by atoms with E-state index >= 15 is 0 Å². The first-order valence-corrected chi connectivity index (χ1v) is 6.20. The second-order valence-corrected chi connectivity index (χ2v) is 5.33. The SMILES string of the molecule is Cc1nc(Sc2ncccc2F)sc1C(=O)O. The Bertz CT molecular complexity index is 571. The van der Waals surface area contributed by atoms with Gasteiger partial charge in [-0.05, 0) is 30.8 Å². The number of carboxylic acids is 1. The first-order valence-electron chi connectivity index (χ1n) is 4.57. The number of carbonyl (C=O) groups is 1. The lowest BCUT2D eigenvalue weighted by molar-refractivity contribution is 0.0701. The fourth-order valence-electron chi connectivity index (χ4n) is 1.14. The Balaban J connectivity index is 2.28. The van der Waals surface area contributed by atoms with E-state index in [0.29, 0.717) is 10.0 Å². The number of pyridine rings is 1. The molecule has 0 bridgehead atoms. The minimum absolute atomic E-state index is 0.170. The van der Waals surface area contributed by atoms with Crippen molar-refractivity contribution in [2.24, 2.45) is 0 Å². The highest BCUT2D eigenvalue weighted by Gasteiger charge is 2.16. The molecular weight excluding hydrogens is 263 g/mol. The van der Waals surface area contributed by atoms with Crippen LogP contribution in [0.1, 0.15) is 15.4 Å². The van der Waals surface area contributed by atoms with Gasteiger partial charge in [0.1, 0.15) is 9.90 Å². The third kappa shape index (κ3) is 2.62. The molecule has 0 amide bonds. The molecule has 7 heteroatoms. The van der Waals surface area contributed by atoms with Crippen LogP contribution in [0.15, 0.2) is 27.7 Å². The Kier molecular flexibility index (Phi) is 3.39. The Morgan fingerprint density at radius 3 is 2.94 bits per heavy atom. The number of halogens is 1. The Hall–Kier alpha value is -1.47. The third-order valence-corrected chi connectivity index (χ3v) is 4.08. The van der Waals surface area contributed by atoms with Gasteiger partial charge in [-0.25, -0.2) is 19.2 Å². The maximum Gasteiger partial charge on any atom is 0.347 e. The van der Waals surface area contributed by atoms with E-state index in [1.54, 1.807) is 6.92 Å². The number of rotatable bonds is 3. The second kappa shape index (κ2) is 4.80. The van der Waals surface area contributed by atoms with Crippen LogP contribution in [-0.2, 0) is 0 Å². The van der Waals surface area contributed by atoms with Crippen molar-refractivity contribution >= 4 is 29.1 Å². The van der Waals surface area contributed by atoms with Crippen LogP contribution in [-0.4, -0.2) is 21.0 Å². The largest absolute Gasteiger partial charge is 0.477 e. The molecule has 0 fully saturated rings. The number of aromatic carboxylic acids is 1. The van der Waals surface area contributed by atoms with Crippen LogP contribution in [0.3, 0.4) is 0 Å². The standard InChI is InChI=1S/C10H7FN2O2S2/c1-5-7(9(14)15)16-10(13-5)17-8-6(11)3-2-4-12-8/h2-4H,1H3,(H,14,15). The molecule has 0 aromatic carbocycles. The summed E-state index contributed by atoms with van der Waals surface area (Å²) in [5.74, 6) is -1.46. The molecule has 2 heterocycles. The van der Waals surface area contributed by atoms with Crippen molar-refractivity contribution in [2.45, 2.75) is 16.3 Å². The maximum atomic E-state index is 13.3. The molecule has 0 aliphatic carbocycles. The normalized spacial score (nSPS) is 10.5. The summed E-state index contributed by atoms with van der Waals surface area (Å²) in [7, 11) is 0. The smallest absolute Gasteiger partial charge is 0.347 e. The lowest BCUT2D eigenvalue weighted by Gasteiger charge is -1.96.